The summed E-state index contributed by atoms with van der Waals surface area (Å²) in [5, 5.41) is 12.8. The van der Waals surface area contributed by atoms with Gasteiger partial charge < -0.3 is 10.4 Å². The third-order valence-electron chi connectivity index (χ3n) is 3.71. The van der Waals surface area contributed by atoms with E-state index in [-0.39, 0.29) is 0 Å². The van der Waals surface area contributed by atoms with Crippen LogP contribution in [0.1, 0.15) is 25.0 Å². The van der Waals surface area contributed by atoms with Crippen molar-refractivity contribution in [2.75, 3.05) is 11.9 Å². The number of carbonyl (C=O) groups is 1. The minimum atomic E-state index is -0.906. The van der Waals surface area contributed by atoms with Crippen LogP contribution in [0, 0.1) is 0 Å². The topological polar surface area (TPSA) is 49.3 Å². The fourth-order valence-electron chi connectivity index (χ4n) is 2.28. The summed E-state index contributed by atoms with van der Waals surface area (Å²) in [5.41, 5.74) is 2.06. The Morgan fingerprint density at radius 3 is 2.33 bits per heavy atom. The van der Waals surface area contributed by atoms with Gasteiger partial charge in [-0.2, -0.15) is 0 Å². The lowest BCUT2D eigenvalue weighted by Gasteiger charge is -2.23. The van der Waals surface area contributed by atoms with E-state index in [0.29, 0.717) is 0 Å². The van der Waals surface area contributed by atoms with Crippen molar-refractivity contribution in [3.05, 3.63) is 65.7 Å². The highest BCUT2D eigenvalue weighted by Gasteiger charge is 2.31. The Balaban J connectivity index is 2.09. The molecule has 0 atom stereocenters. The maximum Gasteiger partial charge on any atom is 0.313 e. The number of carboxylic acid groups (broad SMARTS) is 1. The largest absolute Gasteiger partial charge is 0.481 e. The number of anilines is 1. The Kier molecular flexibility index (Phi) is 4.63. The fourth-order valence-corrected chi connectivity index (χ4v) is 2.28. The van der Waals surface area contributed by atoms with Crippen molar-refractivity contribution in [1.82, 2.24) is 0 Å². The average Bonchev–Trinajstić information content (AvgIpc) is 2.48. The summed E-state index contributed by atoms with van der Waals surface area (Å²) in [7, 11) is 0. The molecule has 0 saturated heterocycles. The van der Waals surface area contributed by atoms with Gasteiger partial charge in [0.15, 0.2) is 0 Å². The summed E-state index contributed by atoms with van der Waals surface area (Å²) in [6.07, 6.45) is 0.905. The van der Waals surface area contributed by atoms with E-state index in [4.69, 9.17) is 0 Å². The Morgan fingerprint density at radius 1 is 1.05 bits per heavy atom. The predicted octanol–water partition coefficient (Wildman–Crippen LogP) is 3.70. The van der Waals surface area contributed by atoms with E-state index >= 15 is 0 Å². The highest BCUT2D eigenvalue weighted by molar-refractivity contribution is 5.83. The normalized spacial score (nSPS) is 11.1. The molecule has 0 aliphatic rings. The maximum atomic E-state index is 11.4. The number of hydrogen-bond acceptors (Lipinski definition) is 2. The second kappa shape index (κ2) is 6.44. The molecule has 110 valence electrons. The van der Waals surface area contributed by atoms with Crippen LogP contribution in [0.3, 0.4) is 0 Å². The molecule has 0 saturated carbocycles. The van der Waals surface area contributed by atoms with Gasteiger partial charge in [-0.15, -0.1) is 0 Å². The summed E-state index contributed by atoms with van der Waals surface area (Å²) in [6, 6.07) is 17.8. The molecule has 0 aliphatic carbocycles. The van der Waals surface area contributed by atoms with E-state index in [1.54, 1.807) is 13.8 Å². The third-order valence-corrected chi connectivity index (χ3v) is 3.71. The van der Waals surface area contributed by atoms with Gasteiger partial charge in [-0.25, -0.2) is 0 Å². The van der Waals surface area contributed by atoms with Gasteiger partial charge in [-0.1, -0.05) is 48.5 Å². The van der Waals surface area contributed by atoms with E-state index in [9.17, 15) is 9.90 Å². The molecule has 2 aromatic rings. The summed E-state index contributed by atoms with van der Waals surface area (Å²) in [5.74, 6) is -0.820. The van der Waals surface area contributed by atoms with Gasteiger partial charge in [0.1, 0.15) is 0 Å². The second-order valence-corrected chi connectivity index (χ2v) is 5.64. The first-order valence-electron chi connectivity index (χ1n) is 7.12. The van der Waals surface area contributed by atoms with Crippen LogP contribution in [-0.4, -0.2) is 17.6 Å². The lowest BCUT2D eigenvalue weighted by atomic mass is 9.83. The Hall–Kier alpha value is -2.29. The molecule has 3 nitrogen and oxygen atoms in total. The number of rotatable bonds is 6. The van der Waals surface area contributed by atoms with Crippen molar-refractivity contribution in [2.45, 2.75) is 25.7 Å². The SMILES string of the molecule is CC(C)(C(=O)O)c1ccccc1NCCc1ccccc1. The van der Waals surface area contributed by atoms with E-state index in [1.807, 2.05) is 42.5 Å². The maximum absolute atomic E-state index is 11.4. The Bertz CT molecular complexity index is 606. The number of carboxylic acids is 1. The zero-order valence-electron chi connectivity index (χ0n) is 12.5. The number of benzene rings is 2. The van der Waals surface area contributed by atoms with Gasteiger partial charge in [0.05, 0.1) is 5.41 Å². The van der Waals surface area contributed by atoms with E-state index < -0.39 is 11.4 Å². The zero-order chi connectivity index (χ0) is 15.3. The third kappa shape index (κ3) is 3.63. The molecule has 0 amide bonds. The average molecular weight is 283 g/mol. The van der Waals surface area contributed by atoms with Crippen molar-refractivity contribution in [2.24, 2.45) is 0 Å². The van der Waals surface area contributed by atoms with Crippen LogP contribution in [0.25, 0.3) is 0 Å². The second-order valence-electron chi connectivity index (χ2n) is 5.64. The van der Waals surface area contributed by atoms with Crippen molar-refractivity contribution >= 4 is 11.7 Å². The van der Waals surface area contributed by atoms with E-state index in [2.05, 4.69) is 17.4 Å². The van der Waals surface area contributed by atoms with Gasteiger partial charge in [0, 0.05) is 12.2 Å². The number of nitrogens with one attached hydrogen (secondary N) is 1. The smallest absolute Gasteiger partial charge is 0.313 e. The molecule has 0 radical (unpaired) electrons. The van der Waals surface area contributed by atoms with Crippen molar-refractivity contribution in [1.29, 1.82) is 0 Å². The van der Waals surface area contributed by atoms with Crippen LogP contribution < -0.4 is 5.32 Å². The molecule has 2 N–H and O–H groups in total. The van der Waals surface area contributed by atoms with Gasteiger partial charge in [-0.3, -0.25) is 4.79 Å². The van der Waals surface area contributed by atoms with Crippen LogP contribution in [0.4, 0.5) is 5.69 Å². The van der Waals surface area contributed by atoms with Crippen LogP contribution >= 0.6 is 0 Å². The zero-order valence-corrected chi connectivity index (χ0v) is 12.5. The van der Waals surface area contributed by atoms with Crippen molar-refractivity contribution in [3.8, 4) is 0 Å². The Morgan fingerprint density at radius 2 is 1.67 bits per heavy atom. The minimum absolute atomic E-state index is 0.775. The molecule has 21 heavy (non-hydrogen) atoms. The molecule has 0 aromatic heterocycles. The first kappa shape index (κ1) is 15.1. The molecule has 3 heteroatoms. The molecule has 2 rings (SSSR count). The molecule has 0 fully saturated rings. The lowest BCUT2D eigenvalue weighted by Crippen LogP contribution is -2.29. The van der Waals surface area contributed by atoms with Gasteiger partial charge >= 0.3 is 5.97 Å². The molecule has 0 aliphatic heterocycles. The van der Waals surface area contributed by atoms with Gasteiger partial charge in [-0.05, 0) is 37.5 Å². The Labute approximate surface area is 125 Å². The van der Waals surface area contributed by atoms with E-state index in [0.717, 1.165) is 24.2 Å². The summed E-state index contributed by atoms with van der Waals surface area (Å²) < 4.78 is 0. The molecule has 0 unspecified atom stereocenters. The van der Waals surface area contributed by atoms with Gasteiger partial charge in [0.2, 0.25) is 0 Å². The number of para-hydroxylation sites is 1. The lowest BCUT2D eigenvalue weighted by molar-refractivity contribution is -0.142. The highest BCUT2D eigenvalue weighted by Crippen LogP contribution is 2.30. The fraction of sp³-hybridized carbons (Fsp3) is 0.278. The summed E-state index contributed by atoms with van der Waals surface area (Å²) in [6.45, 7) is 4.23. The molecule has 2 aromatic carbocycles. The van der Waals surface area contributed by atoms with E-state index in [1.165, 1.54) is 5.56 Å². The van der Waals surface area contributed by atoms with Crippen molar-refractivity contribution < 1.29 is 9.90 Å². The summed E-state index contributed by atoms with van der Waals surface area (Å²) >= 11 is 0. The van der Waals surface area contributed by atoms with Crippen LogP contribution in [-0.2, 0) is 16.6 Å². The minimum Gasteiger partial charge on any atom is -0.481 e. The van der Waals surface area contributed by atoms with Gasteiger partial charge in [0.25, 0.3) is 0 Å². The molecule has 0 bridgehead atoms. The van der Waals surface area contributed by atoms with Crippen LogP contribution in [0.5, 0.6) is 0 Å². The monoisotopic (exact) mass is 283 g/mol. The first-order valence-corrected chi connectivity index (χ1v) is 7.12. The van der Waals surface area contributed by atoms with Crippen LogP contribution in [0.15, 0.2) is 54.6 Å². The standard InChI is InChI=1S/C18H21NO2/c1-18(2,17(20)21)15-10-6-7-11-16(15)19-13-12-14-8-4-3-5-9-14/h3-11,19H,12-13H2,1-2H3,(H,20,21). The first-order chi connectivity index (χ1) is 10.0. The quantitative estimate of drug-likeness (QED) is 0.849. The molecule has 0 heterocycles. The predicted molar refractivity (Wildman–Crippen MR) is 85.7 cm³/mol. The van der Waals surface area contributed by atoms with Crippen LogP contribution in [0.2, 0.25) is 0 Å². The molecular weight excluding hydrogens is 262 g/mol. The van der Waals surface area contributed by atoms with Crippen molar-refractivity contribution in [3.63, 3.8) is 0 Å². The summed E-state index contributed by atoms with van der Waals surface area (Å²) in [4.78, 5) is 11.4. The number of hydrogen-bond donors (Lipinski definition) is 2. The molecular formula is C18H21NO2. The molecule has 0 spiro atoms. The number of aliphatic carboxylic acids is 1. The highest BCUT2D eigenvalue weighted by atomic mass is 16.4.